The van der Waals surface area contributed by atoms with Gasteiger partial charge in [0.25, 0.3) is 0 Å². The first kappa shape index (κ1) is 15.0. The van der Waals surface area contributed by atoms with Crippen LogP contribution < -0.4 is 5.63 Å². The van der Waals surface area contributed by atoms with E-state index < -0.39 is 0 Å². The number of rotatable bonds is 3. The molecule has 0 saturated heterocycles. The molecule has 24 heavy (non-hydrogen) atoms. The predicted molar refractivity (Wildman–Crippen MR) is 96.7 cm³/mol. The van der Waals surface area contributed by atoms with E-state index >= 15 is 0 Å². The molecule has 4 rings (SSSR count). The molecule has 2 aromatic carbocycles. The van der Waals surface area contributed by atoms with Crippen LogP contribution in [0.5, 0.6) is 0 Å². The highest BCUT2D eigenvalue weighted by Crippen LogP contribution is 2.34. The van der Waals surface area contributed by atoms with Crippen LogP contribution in [0.4, 0.5) is 0 Å². The quantitative estimate of drug-likeness (QED) is 0.442. The van der Waals surface area contributed by atoms with Crippen molar-refractivity contribution in [1.29, 1.82) is 0 Å². The lowest BCUT2D eigenvalue weighted by atomic mass is 10.0. The maximum Gasteiger partial charge on any atom is 0.336 e. The Labute approximate surface area is 143 Å². The van der Waals surface area contributed by atoms with Crippen LogP contribution in [0, 0.1) is 0 Å². The number of aryl methyl sites for hydroxylation is 1. The predicted octanol–water partition coefficient (Wildman–Crippen LogP) is 5.81. The van der Waals surface area contributed by atoms with E-state index in [1.165, 1.54) is 0 Å². The van der Waals surface area contributed by atoms with E-state index in [1.807, 2.05) is 30.3 Å². The summed E-state index contributed by atoms with van der Waals surface area (Å²) in [6.45, 7) is 2.09. The Balaban J connectivity index is 2.00. The minimum absolute atomic E-state index is 0.324. The smallest absolute Gasteiger partial charge is 0.336 e. The second-order valence-electron chi connectivity index (χ2n) is 5.84. The SMILES string of the molecule is CCCc1cc(=O)oc2cc3occ(-c4ccc(Cl)cc4)c3cc12. The molecule has 0 saturated carbocycles. The molecule has 0 unspecified atom stereocenters. The Bertz CT molecular complexity index is 1090. The van der Waals surface area contributed by atoms with Crippen LogP contribution in [0.2, 0.25) is 5.02 Å². The maximum absolute atomic E-state index is 11.8. The first-order valence-corrected chi connectivity index (χ1v) is 8.27. The van der Waals surface area contributed by atoms with Gasteiger partial charge in [0.2, 0.25) is 0 Å². The Hall–Kier alpha value is -2.52. The van der Waals surface area contributed by atoms with Crippen molar-refractivity contribution < 1.29 is 8.83 Å². The number of furan rings is 1. The zero-order valence-electron chi connectivity index (χ0n) is 13.1. The highest BCUT2D eigenvalue weighted by Gasteiger charge is 2.13. The Morgan fingerprint density at radius 1 is 1.00 bits per heavy atom. The van der Waals surface area contributed by atoms with Crippen molar-refractivity contribution >= 4 is 33.5 Å². The molecular weight excluding hydrogens is 324 g/mol. The molecule has 3 nitrogen and oxygen atoms in total. The molecule has 0 amide bonds. The van der Waals surface area contributed by atoms with Crippen molar-refractivity contribution in [2.45, 2.75) is 19.8 Å². The lowest BCUT2D eigenvalue weighted by Crippen LogP contribution is -2.00. The van der Waals surface area contributed by atoms with Crippen LogP contribution in [0.15, 0.2) is 62.4 Å². The van der Waals surface area contributed by atoms with Crippen LogP contribution in [0.25, 0.3) is 33.1 Å². The number of hydrogen-bond donors (Lipinski definition) is 0. The summed E-state index contributed by atoms with van der Waals surface area (Å²) in [5, 5.41) is 2.65. The topological polar surface area (TPSA) is 43.4 Å². The van der Waals surface area contributed by atoms with Gasteiger partial charge in [-0.15, -0.1) is 0 Å². The van der Waals surface area contributed by atoms with Gasteiger partial charge >= 0.3 is 5.63 Å². The molecule has 0 N–H and O–H groups in total. The van der Waals surface area contributed by atoms with Gasteiger partial charge < -0.3 is 8.83 Å². The largest absolute Gasteiger partial charge is 0.464 e. The van der Waals surface area contributed by atoms with Gasteiger partial charge in [-0.05, 0) is 35.7 Å². The van der Waals surface area contributed by atoms with Crippen LogP contribution in [-0.4, -0.2) is 0 Å². The summed E-state index contributed by atoms with van der Waals surface area (Å²) in [6.07, 6.45) is 3.53. The van der Waals surface area contributed by atoms with Crippen molar-refractivity contribution in [2.24, 2.45) is 0 Å². The molecule has 0 fully saturated rings. The summed E-state index contributed by atoms with van der Waals surface area (Å²) in [7, 11) is 0. The van der Waals surface area contributed by atoms with Crippen molar-refractivity contribution in [2.75, 3.05) is 0 Å². The molecule has 0 aliphatic carbocycles. The molecule has 0 aliphatic rings. The molecule has 4 heteroatoms. The number of halogens is 1. The summed E-state index contributed by atoms with van der Waals surface area (Å²) in [5.74, 6) is 0. The molecule has 2 aromatic heterocycles. The normalized spacial score (nSPS) is 11.4. The van der Waals surface area contributed by atoms with Gasteiger partial charge in [0.1, 0.15) is 11.2 Å². The van der Waals surface area contributed by atoms with Gasteiger partial charge in [-0.3, -0.25) is 0 Å². The Morgan fingerprint density at radius 3 is 2.54 bits per heavy atom. The van der Waals surface area contributed by atoms with Crippen molar-refractivity contribution in [3.8, 4) is 11.1 Å². The summed E-state index contributed by atoms with van der Waals surface area (Å²) < 4.78 is 11.0. The van der Waals surface area contributed by atoms with Gasteiger partial charge in [-0.2, -0.15) is 0 Å². The lowest BCUT2D eigenvalue weighted by molar-refractivity contribution is 0.557. The molecule has 0 radical (unpaired) electrons. The van der Waals surface area contributed by atoms with E-state index in [0.717, 1.165) is 40.3 Å². The first-order chi connectivity index (χ1) is 11.7. The summed E-state index contributed by atoms with van der Waals surface area (Å²) in [4.78, 5) is 11.8. The second-order valence-corrected chi connectivity index (χ2v) is 6.28. The minimum atomic E-state index is -0.324. The van der Waals surface area contributed by atoms with Gasteiger partial charge in [-0.1, -0.05) is 37.1 Å². The van der Waals surface area contributed by atoms with Gasteiger partial charge in [0, 0.05) is 33.5 Å². The third-order valence-electron chi connectivity index (χ3n) is 4.20. The van der Waals surface area contributed by atoms with E-state index in [9.17, 15) is 4.79 Å². The first-order valence-electron chi connectivity index (χ1n) is 7.89. The van der Waals surface area contributed by atoms with Crippen molar-refractivity contribution in [1.82, 2.24) is 0 Å². The summed E-state index contributed by atoms with van der Waals surface area (Å²) in [5.41, 5.74) is 3.98. The fraction of sp³-hybridized carbons (Fsp3) is 0.150. The van der Waals surface area contributed by atoms with Crippen molar-refractivity contribution in [3.05, 3.63) is 69.7 Å². The molecule has 4 aromatic rings. The zero-order chi connectivity index (χ0) is 16.7. The van der Waals surface area contributed by atoms with Gasteiger partial charge in [0.15, 0.2) is 0 Å². The highest BCUT2D eigenvalue weighted by atomic mass is 35.5. The van der Waals surface area contributed by atoms with E-state index in [4.69, 9.17) is 20.4 Å². The van der Waals surface area contributed by atoms with Crippen LogP contribution in [-0.2, 0) is 6.42 Å². The fourth-order valence-electron chi connectivity index (χ4n) is 3.08. The van der Waals surface area contributed by atoms with E-state index in [2.05, 4.69) is 6.92 Å². The van der Waals surface area contributed by atoms with Crippen LogP contribution in [0.1, 0.15) is 18.9 Å². The molecular formula is C20H15ClO3. The molecule has 0 spiro atoms. The maximum atomic E-state index is 11.8. The zero-order valence-corrected chi connectivity index (χ0v) is 13.9. The monoisotopic (exact) mass is 338 g/mol. The Kier molecular flexibility index (Phi) is 3.66. The lowest BCUT2D eigenvalue weighted by Gasteiger charge is -2.05. The van der Waals surface area contributed by atoms with E-state index in [0.29, 0.717) is 16.2 Å². The molecule has 120 valence electrons. The minimum Gasteiger partial charge on any atom is -0.464 e. The summed E-state index contributed by atoms with van der Waals surface area (Å²) >= 11 is 5.97. The third-order valence-corrected chi connectivity index (χ3v) is 4.45. The molecule has 0 aliphatic heterocycles. The standard InChI is InChI=1S/C20H15ClO3/c1-2-3-13-8-20(22)24-19-10-18-16(9-15(13)19)17(11-23-18)12-4-6-14(21)7-5-12/h4-11H,2-3H2,1H3. The second kappa shape index (κ2) is 5.84. The number of hydrogen-bond acceptors (Lipinski definition) is 3. The number of benzene rings is 2. The highest BCUT2D eigenvalue weighted by molar-refractivity contribution is 6.30. The fourth-order valence-corrected chi connectivity index (χ4v) is 3.20. The summed E-state index contributed by atoms with van der Waals surface area (Å²) in [6, 6.07) is 13.1. The van der Waals surface area contributed by atoms with Crippen molar-refractivity contribution in [3.63, 3.8) is 0 Å². The average Bonchev–Trinajstić information content (AvgIpc) is 2.97. The third kappa shape index (κ3) is 2.51. The number of fused-ring (bicyclic) bond motifs is 2. The van der Waals surface area contributed by atoms with Crippen LogP contribution in [0.3, 0.4) is 0 Å². The van der Waals surface area contributed by atoms with E-state index in [1.54, 1.807) is 18.4 Å². The molecule has 2 heterocycles. The molecule has 0 atom stereocenters. The Morgan fingerprint density at radius 2 is 1.79 bits per heavy atom. The molecule has 0 bridgehead atoms. The average molecular weight is 339 g/mol. The van der Waals surface area contributed by atoms with E-state index in [-0.39, 0.29) is 5.63 Å². The van der Waals surface area contributed by atoms with Gasteiger partial charge in [-0.25, -0.2) is 4.79 Å². The van der Waals surface area contributed by atoms with Gasteiger partial charge in [0.05, 0.1) is 6.26 Å². The van der Waals surface area contributed by atoms with Crippen LogP contribution >= 0.6 is 11.6 Å².